The van der Waals surface area contributed by atoms with Crippen molar-refractivity contribution in [3.05, 3.63) is 22.3 Å². The van der Waals surface area contributed by atoms with Crippen LogP contribution in [0.3, 0.4) is 0 Å². The highest BCUT2D eigenvalue weighted by atomic mass is 35.5. The summed E-state index contributed by atoms with van der Waals surface area (Å²) in [4.78, 5) is 59.3. The van der Waals surface area contributed by atoms with Crippen molar-refractivity contribution < 1.29 is 28.7 Å². The minimum atomic E-state index is -1.16. The third-order valence-corrected chi connectivity index (χ3v) is 9.70. The number of esters is 2. The number of β-lactam (4-membered cyclic amide) rings is 1. The first-order chi connectivity index (χ1) is 20.9. The summed E-state index contributed by atoms with van der Waals surface area (Å²) in [5.74, 6) is -1.08. The molecular formula is C26H39Cl2N9O6S3. The number of halogens is 2. The monoisotopic (exact) mass is 739 g/mol. The lowest BCUT2D eigenvalue weighted by Crippen LogP contribution is -2.70. The summed E-state index contributed by atoms with van der Waals surface area (Å²) >= 11 is 3.99. The molecule has 3 atom stereocenters. The van der Waals surface area contributed by atoms with Gasteiger partial charge in [0.25, 0.3) is 5.91 Å². The van der Waals surface area contributed by atoms with Crippen LogP contribution in [0.5, 0.6) is 0 Å². The van der Waals surface area contributed by atoms with Gasteiger partial charge < -0.3 is 25.4 Å². The molecule has 0 spiro atoms. The molecule has 0 radical (unpaired) electrons. The van der Waals surface area contributed by atoms with E-state index in [1.165, 1.54) is 46.7 Å². The van der Waals surface area contributed by atoms with Gasteiger partial charge in [0.15, 0.2) is 5.13 Å². The number of hydrogen-bond donors (Lipinski definition) is 2. The number of nitrogens with one attached hydrogen (secondary N) is 1. The van der Waals surface area contributed by atoms with Crippen molar-refractivity contribution in [2.45, 2.75) is 69.4 Å². The van der Waals surface area contributed by atoms with E-state index in [1.807, 2.05) is 32.8 Å². The summed E-state index contributed by atoms with van der Waals surface area (Å²) in [6.07, 6.45) is -0.342. The summed E-state index contributed by atoms with van der Waals surface area (Å²) < 4.78 is 12.5. The van der Waals surface area contributed by atoms with E-state index >= 15 is 0 Å². The van der Waals surface area contributed by atoms with Crippen LogP contribution in [0.2, 0.25) is 0 Å². The van der Waals surface area contributed by atoms with Crippen LogP contribution in [-0.4, -0.2) is 109 Å². The van der Waals surface area contributed by atoms with Crippen LogP contribution in [0.15, 0.2) is 21.8 Å². The Morgan fingerprint density at radius 2 is 1.96 bits per heavy atom. The van der Waals surface area contributed by atoms with Crippen molar-refractivity contribution in [2.24, 2.45) is 5.92 Å². The van der Waals surface area contributed by atoms with Gasteiger partial charge in [0.2, 0.25) is 17.4 Å². The third kappa shape index (κ3) is 10.4. The summed E-state index contributed by atoms with van der Waals surface area (Å²) in [6, 6.07) is -0.829. The Morgan fingerprint density at radius 1 is 1.22 bits per heavy atom. The molecule has 4 rings (SSSR count). The van der Waals surface area contributed by atoms with E-state index in [9.17, 15) is 19.2 Å². The standard InChI is InChI=1S/C26H37N9O6S3.2ClH/c1-14(2)6-7-19(37)40-15(3)41-24(39)21-16(12-44-26-30-31-32-34(26)9-8-33(4)5)11-42-23-20(22(38)35(21)23)29-18(36)10-17-13-43-25(27)28-17;;/h13-15,20,23H,6-12H2,1-5H3,(H2,27,28)(H,29,36);2*1H/t15?,20-,23+;;/m1../s1. The molecule has 1 fully saturated rings. The summed E-state index contributed by atoms with van der Waals surface area (Å²) in [5, 5.41) is 16.8. The summed E-state index contributed by atoms with van der Waals surface area (Å²) in [6.45, 7) is 6.76. The number of nitrogen functional groups attached to an aromatic ring is 1. The highest BCUT2D eigenvalue weighted by molar-refractivity contribution is 8.01. The van der Waals surface area contributed by atoms with Crippen LogP contribution in [0.4, 0.5) is 5.13 Å². The quantitative estimate of drug-likeness (QED) is 0.117. The van der Waals surface area contributed by atoms with Gasteiger partial charge in [-0.3, -0.25) is 19.3 Å². The van der Waals surface area contributed by atoms with Crippen LogP contribution in [-0.2, 0) is 41.6 Å². The molecule has 1 saturated heterocycles. The Labute approximate surface area is 291 Å². The fourth-order valence-electron chi connectivity index (χ4n) is 4.34. The van der Waals surface area contributed by atoms with E-state index < -0.39 is 35.6 Å². The number of hydrogen-bond acceptors (Lipinski definition) is 15. The second-order valence-corrected chi connectivity index (χ2v) is 13.9. The van der Waals surface area contributed by atoms with Gasteiger partial charge in [-0.1, -0.05) is 25.6 Å². The molecule has 46 heavy (non-hydrogen) atoms. The Bertz CT molecular complexity index is 1410. The summed E-state index contributed by atoms with van der Waals surface area (Å²) in [7, 11) is 3.90. The topological polar surface area (TPSA) is 188 Å². The van der Waals surface area contributed by atoms with Gasteiger partial charge in [-0.05, 0) is 42.4 Å². The van der Waals surface area contributed by atoms with Crippen molar-refractivity contribution in [1.29, 1.82) is 0 Å². The molecule has 2 amide bonds. The van der Waals surface area contributed by atoms with E-state index in [-0.39, 0.29) is 49.3 Å². The van der Waals surface area contributed by atoms with Gasteiger partial charge in [-0.15, -0.1) is 53.0 Å². The number of carbonyl (C=O) groups is 4. The molecule has 256 valence electrons. The molecule has 1 unspecified atom stereocenters. The number of nitrogens with zero attached hydrogens (tertiary/aromatic N) is 7. The molecule has 4 heterocycles. The van der Waals surface area contributed by atoms with E-state index in [1.54, 1.807) is 10.1 Å². The third-order valence-electron chi connectivity index (χ3n) is 6.60. The Morgan fingerprint density at radius 3 is 2.61 bits per heavy atom. The van der Waals surface area contributed by atoms with Crippen LogP contribution in [0.25, 0.3) is 0 Å². The van der Waals surface area contributed by atoms with Crippen molar-refractivity contribution in [3.8, 4) is 0 Å². The Kier molecular flexibility index (Phi) is 15.5. The van der Waals surface area contributed by atoms with Crippen LogP contribution >= 0.6 is 59.7 Å². The zero-order chi connectivity index (χ0) is 32.0. The zero-order valence-corrected chi connectivity index (χ0v) is 30.1. The van der Waals surface area contributed by atoms with Gasteiger partial charge in [-0.25, -0.2) is 14.5 Å². The number of nitrogens with two attached hydrogens (primary N) is 1. The van der Waals surface area contributed by atoms with Crippen LogP contribution in [0, 0.1) is 5.92 Å². The molecule has 3 N–H and O–H groups in total. The molecule has 15 nitrogen and oxygen atoms in total. The second kappa shape index (κ2) is 18.1. The molecule has 0 aromatic carbocycles. The molecule has 0 saturated carbocycles. The molecule has 2 aliphatic heterocycles. The largest absolute Gasteiger partial charge is 0.425 e. The van der Waals surface area contributed by atoms with Gasteiger partial charge in [0, 0.05) is 36.8 Å². The Hall–Kier alpha value is -2.64. The maximum absolute atomic E-state index is 13.5. The van der Waals surface area contributed by atoms with Crippen molar-refractivity contribution in [2.75, 3.05) is 37.9 Å². The molecule has 0 bridgehead atoms. The SMILES string of the molecule is CC(C)CCC(=O)OC(C)OC(=O)C1=C(CSc2nnnn2CCN(C)C)CS[C@H]2[C@H](NC(=O)Cc3csc(N)n3)C(=O)N12.Cl.Cl. The number of anilines is 1. The average Bonchev–Trinajstić information content (AvgIpc) is 3.59. The number of likely N-dealkylation sites (N-methyl/N-ethyl adjacent to an activating group) is 1. The van der Waals surface area contributed by atoms with Gasteiger partial charge in [-0.2, -0.15) is 0 Å². The number of tetrazole rings is 1. The highest BCUT2D eigenvalue weighted by Crippen LogP contribution is 2.42. The fourth-order valence-corrected chi connectivity index (χ4v) is 7.29. The lowest BCUT2D eigenvalue weighted by molar-refractivity contribution is -0.184. The van der Waals surface area contributed by atoms with Gasteiger partial charge >= 0.3 is 11.9 Å². The van der Waals surface area contributed by atoms with E-state index in [0.29, 0.717) is 51.9 Å². The smallest absolute Gasteiger partial charge is 0.358 e. The van der Waals surface area contributed by atoms with E-state index in [0.717, 1.165) is 6.54 Å². The molecule has 0 aliphatic carbocycles. The molecule has 2 aromatic rings. The number of fused-ring (bicyclic) bond motifs is 1. The van der Waals surface area contributed by atoms with Crippen LogP contribution in [0.1, 0.15) is 39.3 Å². The van der Waals surface area contributed by atoms with Crippen molar-refractivity contribution in [1.82, 2.24) is 40.3 Å². The van der Waals surface area contributed by atoms with E-state index in [2.05, 4.69) is 25.8 Å². The maximum atomic E-state index is 13.5. The van der Waals surface area contributed by atoms with Crippen molar-refractivity contribution >= 4 is 88.6 Å². The lowest BCUT2D eigenvalue weighted by atomic mass is 10.0. The zero-order valence-electron chi connectivity index (χ0n) is 26.0. The van der Waals surface area contributed by atoms with E-state index in [4.69, 9.17) is 15.2 Å². The molecule has 20 heteroatoms. The predicted octanol–water partition coefficient (Wildman–Crippen LogP) is 1.97. The molecule has 2 aliphatic rings. The number of aromatic nitrogens is 5. The average molecular weight is 741 g/mol. The first-order valence-electron chi connectivity index (χ1n) is 14.0. The fraction of sp³-hybridized carbons (Fsp3) is 0.615. The van der Waals surface area contributed by atoms with Gasteiger partial charge in [0.1, 0.15) is 17.1 Å². The maximum Gasteiger partial charge on any atom is 0.358 e. The number of amides is 2. The van der Waals surface area contributed by atoms with Gasteiger partial charge in [0.05, 0.1) is 18.7 Å². The van der Waals surface area contributed by atoms with Crippen molar-refractivity contribution in [3.63, 3.8) is 0 Å². The number of ether oxygens (including phenoxy) is 2. The highest BCUT2D eigenvalue weighted by Gasteiger charge is 2.54. The number of thioether (sulfide) groups is 2. The number of rotatable bonds is 15. The number of thiazole rings is 1. The number of carbonyl (C=O) groups excluding carboxylic acids is 4. The normalized spacial score (nSPS) is 17.9. The van der Waals surface area contributed by atoms with Crippen LogP contribution < -0.4 is 11.1 Å². The minimum absolute atomic E-state index is 0. The Balaban J connectivity index is 0.00000368. The molecular weight excluding hydrogens is 701 g/mol. The lowest BCUT2D eigenvalue weighted by Gasteiger charge is -2.49. The predicted molar refractivity (Wildman–Crippen MR) is 180 cm³/mol. The first kappa shape index (κ1) is 39.5. The summed E-state index contributed by atoms with van der Waals surface area (Å²) in [5.41, 5.74) is 6.88. The molecule has 2 aromatic heterocycles. The first-order valence-corrected chi connectivity index (χ1v) is 16.9. The second-order valence-electron chi connectivity index (χ2n) is 10.9. The minimum Gasteiger partial charge on any atom is -0.425 e.